The monoisotopic (exact) mass is 337 g/mol. The number of pyridine rings is 1. The molecule has 1 saturated carbocycles. The summed E-state index contributed by atoms with van der Waals surface area (Å²) in [4.78, 5) is 4.19. The number of halogens is 4. The van der Waals surface area contributed by atoms with Crippen LogP contribution < -0.4 is 0 Å². The molecule has 1 aliphatic rings. The molecule has 0 bridgehead atoms. The second kappa shape index (κ2) is 4.96. The Morgan fingerprint density at radius 2 is 1.91 bits per heavy atom. The minimum Gasteiger partial charge on any atom is -0.215 e. The summed E-state index contributed by atoms with van der Waals surface area (Å²) in [5.74, 6) is 0.490. The van der Waals surface area contributed by atoms with E-state index in [9.17, 15) is 13.2 Å². The Bertz CT molecular complexity index is 897. The fourth-order valence-corrected chi connectivity index (χ4v) is 2.96. The predicted octanol–water partition coefficient (Wildman–Crippen LogP) is 4.95. The maximum atomic E-state index is 12.8. The molecular formula is C16H11ClF3N3. The number of aromatic nitrogens is 3. The van der Waals surface area contributed by atoms with Gasteiger partial charge in [0.2, 0.25) is 0 Å². The molecule has 1 aromatic carbocycles. The van der Waals surface area contributed by atoms with Crippen molar-refractivity contribution in [3.63, 3.8) is 0 Å². The van der Waals surface area contributed by atoms with Gasteiger partial charge in [0, 0.05) is 5.56 Å². The van der Waals surface area contributed by atoms with Crippen molar-refractivity contribution >= 4 is 17.2 Å². The first-order valence-electron chi connectivity index (χ1n) is 7.14. The number of nitrogens with zero attached hydrogens (tertiary/aromatic N) is 3. The zero-order valence-electron chi connectivity index (χ0n) is 11.8. The summed E-state index contributed by atoms with van der Waals surface area (Å²) < 4.78 is 40.0. The molecule has 0 aliphatic heterocycles. The van der Waals surface area contributed by atoms with Gasteiger partial charge in [-0.15, -0.1) is 0 Å². The van der Waals surface area contributed by atoms with E-state index in [1.54, 1.807) is 4.52 Å². The van der Waals surface area contributed by atoms with Gasteiger partial charge in [0.05, 0.1) is 16.3 Å². The predicted molar refractivity (Wildman–Crippen MR) is 80.4 cm³/mol. The number of alkyl halides is 3. The SMILES string of the molecule is FC(F)(F)c1ccc(-c2cc(C3CC3)cc3ncnn23)c(Cl)c1. The van der Waals surface area contributed by atoms with Gasteiger partial charge in [-0.25, -0.2) is 9.50 Å². The van der Waals surface area contributed by atoms with Crippen LogP contribution in [0.1, 0.15) is 29.9 Å². The summed E-state index contributed by atoms with van der Waals surface area (Å²) in [7, 11) is 0. The van der Waals surface area contributed by atoms with Crippen LogP contribution in [0.25, 0.3) is 16.9 Å². The highest BCUT2D eigenvalue weighted by molar-refractivity contribution is 6.33. The number of rotatable bonds is 2. The van der Waals surface area contributed by atoms with Crippen molar-refractivity contribution < 1.29 is 13.2 Å². The highest BCUT2D eigenvalue weighted by Crippen LogP contribution is 2.42. The lowest BCUT2D eigenvalue weighted by Gasteiger charge is -2.12. The van der Waals surface area contributed by atoms with Crippen LogP contribution in [0.2, 0.25) is 5.02 Å². The minimum absolute atomic E-state index is 0.0459. The van der Waals surface area contributed by atoms with Gasteiger partial charge in [0.1, 0.15) is 6.33 Å². The summed E-state index contributed by atoms with van der Waals surface area (Å²) in [6, 6.07) is 7.27. The molecule has 0 atom stereocenters. The standard InChI is InChI=1S/C16H11ClF3N3/c17-13-7-11(16(18,19)20)3-4-12(13)14-5-10(9-1-2-9)6-15-21-8-22-23(14)15/h3-9H,1-2H2. The Morgan fingerprint density at radius 3 is 2.57 bits per heavy atom. The molecule has 1 aliphatic carbocycles. The van der Waals surface area contributed by atoms with Gasteiger partial charge in [-0.2, -0.15) is 18.3 Å². The third-order valence-electron chi connectivity index (χ3n) is 4.02. The van der Waals surface area contributed by atoms with Crippen molar-refractivity contribution in [1.82, 2.24) is 14.6 Å². The lowest BCUT2D eigenvalue weighted by atomic mass is 10.0. The lowest BCUT2D eigenvalue weighted by Crippen LogP contribution is -2.05. The third-order valence-corrected chi connectivity index (χ3v) is 4.34. The molecule has 2 heterocycles. The maximum Gasteiger partial charge on any atom is 0.416 e. The van der Waals surface area contributed by atoms with Gasteiger partial charge in [0.25, 0.3) is 0 Å². The lowest BCUT2D eigenvalue weighted by molar-refractivity contribution is -0.137. The van der Waals surface area contributed by atoms with Gasteiger partial charge in [-0.3, -0.25) is 0 Å². The maximum absolute atomic E-state index is 12.8. The largest absolute Gasteiger partial charge is 0.416 e. The topological polar surface area (TPSA) is 30.2 Å². The van der Waals surface area contributed by atoms with Crippen molar-refractivity contribution in [2.75, 3.05) is 0 Å². The van der Waals surface area contributed by atoms with Crippen molar-refractivity contribution in [2.24, 2.45) is 0 Å². The van der Waals surface area contributed by atoms with Gasteiger partial charge in [0.15, 0.2) is 5.65 Å². The average molecular weight is 338 g/mol. The quantitative estimate of drug-likeness (QED) is 0.662. The smallest absolute Gasteiger partial charge is 0.215 e. The molecule has 23 heavy (non-hydrogen) atoms. The number of benzene rings is 1. The molecule has 3 nitrogen and oxygen atoms in total. The fraction of sp³-hybridized carbons (Fsp3) is 0.250. The zero-order chi connectivity index (χ0) is 16.2. The summed E-state index contributed by atoms with van der Waals surface area (Å²) in [6.45, 7) is 0. The van der Waals surface area contributed by atoms with Crippen LogP contribution in [0.4, 0.5) is 13.2 Å². The summed E-state index contributed by atoms with van der Waals surface area (Å²) in [6.07, 6.45) is -0.761. The van der Waals surface area contributed by atoms with Gasteiger partial charge in [-0.05, 0) is 48.6 Å². The van der Waals surface area contributed by atoms with E-state index in [2.05, 4.69) is 10.1 Å². The second-order valence-corrected chi connectivity index (χ2v) is 6.08. The Balaban J connectivity index is 1.90. The van der Waals surface area contributed by atoms with Crippen molar-refractivity contribution in [3.8, 4) is 11.3 Å². The van der Waals surface area contributed by atoms with Crippen LogP contribution in [0.15, 0.2) is 36.7 Å². The molecule has 0 unspecified atom stereocenters. The Morgan fingerprint density at radius 1 is 1.13 bits per heavy atom. The van der Waals surface area contributed by atoms with Crippen LogP contribution in [0.5, 0.6) is 0 Å². The van der Waals surface area contributed by atoms with E-state index in [1.165, 1.54) is 12.4 Å². The molecule has 0 saturated heterocycles. The molecule has 0 spiro atoms. The van der Waals surface area contributed by atoms with E-state index in [0.29, 0.717) is 22.8 Å². The van der Waals surface area contributed by atoms with Crippen LogP contribution >= 0.6 is 11.6 Å². The molecule has 2 aromatic heterocycles. The highest BCUT2D eigenvalue weighted by atomic mass is 35.5. The molecule has 1 fully saturated rings. The molecule has 0 amide bonds. The average Bonchev–Trinajstić information content (AvgIpc) is 3.23. The van der Waals surface area contributed by atoms with Crippen molar-refractivity contribution in [3.05, 3.63) is 52.8 Å². The Kier molecular flexibility index (Phi) is 3.13. The van der Waals surface area contributed by atoms with Gasteiger partial charge >= 0.3 is 6.18 Å². The van der Waals surface area contributed by atoms with E-state index in [1.807, 2.05) is 12.1 Å². The van der Waals surface area contributed by atoms with E-state index >= 15 is 0 Å². The molecule has 118 valence electrons. The Labute approximate surface area is 134 Å². The number of hydrogen-bond donors (Lipinski definition) is 0. The van der Waals surface area contributed by atoms with E-state index < -0.39 is 11.7 Å². The van der Waals surface area contributed by atoms with Crippen LogP contribution in [0.3, 0.4) is 0 Å². The van der Waals surface area contributed by atoms with E-state index in [4.69, 9.17) is 11.6 Å². The molecular weight excluding hydrogens is 327 g/mol. The van der Waals surface area contributed by atoms with Gasteiger partial charge in [-0.1, -0.05) is 17.7 Å². The van der Waals surface area contributed by atoms with Crippen molar-refractivity contribution in [2.45, 2.75) is 24.9 Å². The first kappa shape index (κ1) is 14.5. The van der Waals surface area contributed by atoms with Crippen LogP contribution in [0, 0.1) is 0 Å². The van der Waals surface area contributed by atoms with Gasteiger partial charge < -0.3 is 0 Å². The summed E-state index contributed by atoms with van der Waals surface area (Å²) in [5, 5.41) is 4.20. The minimum atomic E-state index is -4.42. The molecule has 0 radical (unpaired) electrons. The molecule has 4 rings (SSSR count). The van der Waals surface area contributed by atoms with E-state index in [0.717, 1.165) is 30.5 Å². The molecule has 3 aromatic rings. The normalized spacial score (nSPS) is 15.3. The second-order valence-electron chi connectivity index (χ2n) is 5.67. The number of fused-ring (bicyclic) bond motifs is 1. The van der Waals surface area contributed by atoms with Crippen molar-refractivity contribution in [1.29, 1.82) is 0 Å². The van der Waals surface area contributed by atoms with Crippen LogP contribution in [-0.2, 0) is 6.18 Å². The highest BCUT2D eigenvalue weighted by Gasteiger charge is 2.31. The molecule has 0 N–H and O–H groups in total. The first-order valence-corrected chi connectivity index (χ1v) is 7.52. The van der Waals surface area contributed by atoms with Crippen LogP contribution in [-0.4, -0.2) is 14.6 Å². The molecule has 7 heteroatoms. The first-order chi connectivity index (χ1) is 10.9. The summed E-state index contributed by atoms with van der Waals surface area (Å²) in [5.41, 5.74) is 2.19. The fourth-order valence-electron chi connectivity index (χ4n) is 2.69. The Hall–Kier alpha value is -2.08. The zero-order valence-corrected chi connectivity index (χ0v) is 12.6. The summed E-state index contributed by atoms with van der Waals surface area (Å²) >= 11 is 6.12. The third kappa shape index (κ3) is 2.57. The number of hydrogen-bond acceptors (Lipinski definition) is 2. The van der Waals surface area contributed by atoms with E-state index in [-0.39, 0.29) is 5.02 Å².